The Bertz CT molecular complexity index is 626. The predicted molar refractivity (Wildman–Crippen MR) is 73.7 cm³/mol. The van der Waals surface area contributed by atoms with E-state index in [4.69, 9.17) is 4.74 Å². The number of nitrogens with zero attached hydrogens (tertiary/aromatic N) is 3. The first-order valence-corrected chi connectivity index (χ1v) is 6.30. The Morgan fingerprint density at radius 2 is 2.05 bits per heavy atom. The molecule has 0 aliphatic heterocycles. The molecule has 2 aromatic rings. The maximum absolute atomic E-state index is 12.1. The number of aryl methyl sites for hydroxylation is 1. The summed E-state index contributed by atoms with van der Waals surface area (Å²) in [6.07, 6.45) is 3.60. The highest BCUT2D eigenvalue weighted by atomic mass is 16.5. The molecule has 102 valence electrons. The van der Waals surface area contributed by atoms with Gasteiger partial charge in [0.2, 0.25) is 0 Å². The van der Waals surface area contributed by atoms with Crippen molar-refractivity contribution < 1.29 is 4.74 Å². The van der Waals surface area contributed by atoms with Gasteiger partial charge >= 0.3 is 5.69 Å². The minimum absolute atomic E-state index is 0.0164. The Morgan fingerprint density at radius 3 is 2.63 bits per heavy atom. The first-order chi connectivity index (χ1) is 9.01. The van der Waals surface area contributed by atoms with Crippen molar-refractivity contribution in [1.82, 2.24) is 14.1 Å². The summed E-state index contributed by atoms with van der Waals surface area (Å²) in [5, 5.41) is 0. The Morgan fingerprint density at radius 1 is 1.32 bits per heavy atom. The molecule has 2 rings (SSSR count). The van der Waals surface area contributed by atoms with Crippen molar-refractivity contribution in [3.63, 3.8) is 0 Å². The fourth-order valence-electron chi connectivity index (χ4n) is 2.02. The molecule has 0 radical (unpaired) electrons. The van der Waals surface area contributed by atoms with Crippen LogP contribution >= 0.6 is 0 Å². The molecule has 0 atom stereocenters. The summed E-state index contributed by atoms with van der Waals surface area (Å²) in [4.78, 5) is 16.5. The fraction of sp³-hybridized carbons (Fsp3) is 0.429. The molecule has 0 aliphatic rings. The number of hydrogen-bond acceptors (Lipinski definition) is 3. The smallest absolute Gasteiger partial charge is 0.328 e. The average Bonchev–Trinajstić information content (AvgIpc) is 2.70. The van der Waals surface area contributed by atoms with Gasteiger partial charge < -0.3 is 4.74 Å². The van der Waals surface area contributed by atoms with E-state index < -0.39 is 0 Å². The first kappa shape index (κ1) is 13.4. The molecule has 0 saturated carbocycles. The standard InChI is InChI=1S/C14H19N3O2/c1-10(2)17-6-5-16(14(17)18)9-12-8-13(19-4)7-11(3)15-12/h5-8,10H,9H2,1-4H3. The molecule has 0 amide bonds. The van der Waals surface area contributed by atoms with E-state index in [1.807, 2.05) is 32.9 Å². The van der Waals surface area contributed by atoms with Crippen LogP contribution in [-0.4, -0.2) is 21.2 Å². The minimum Gasteiger partial charge on any atom is -0.497 e. The van der Waals surface area contributed by atoms with Crippen LogP contribution in [0, 0.1) is 6.92 Å². The van der Waals surface area contributed by atoms with E-state index in [0.717, 1.165) is 17.1 Å². The van der Waals surface area contributed by atoms with Crippen LogP contribution in [0.2, 0.25) is 0 Å². The largest absolute Gasteiger partial charge is 0.497 e. The van der Waals surface area contributed by atoms with Crippen molar-refractivity contribution in [2.75, 3.05) is 7.11 Å². The molecular formula is C14H19N3O2. The summed E-state index contributed by atoms with van der Waals surface area (Å²) in [6, 6.07) is 3.88. The monoisotopic (exact) mass is 261 g/mol. The molecule has 0 unspecified atom stereocenters. The molecular weight excluding hydrogens is 242 g/mol. The van der Waals surface area contributed by atoms with Gasteiger partial charge in [-0.15, -0.1) is 0 Å². The number of rotatable bonds is 4. The number of aromatic nitrogens is 3. The van der Waals surface area contributed by atoms with Gasteiger partial charge in [-0.25, -0.2) is 4.79 Å². The highest BCUT2D eigenvalue weighted by Crippen LogP contribution is 2.14. The van der Waals surface area contributed by atoms with E-state index in [1.165, 1.54) is 0 Å². The van der Waals surface area contributed by atoms with E-state index in [0.29, 0.717) is 6.54 Å². The highest BCUT2D eigenvalue weighted by molar-refractivity contribution is 5.26. The fourth-order valence-corrected chi connectivity index (χ4v) is 2.02. The lowest BCUT2D eigenvalue weighted by atomic mass is 10.3. The van der Waals surface area contributed by atoms with Crippen LogP contribution in [0.4, 0.5) is 0 Å². The Kier molecular flexibility index (Phi) is 3.74. The number of methoxy groups -OCH3 is 1. The number of hydrogen-bond donors (Lipinski definition) is 0. The molecule has 5 heteroatoms. The SMILES string of the molecule is COc1cc(C)nc(Cn2ccn(C(C)C)c2=O)c1. The molecule has 0 saturated heterocycles. The molecule has 2 aromatic heterocycles. The van der Waals surface area contributed by atoms with Crippen LogP contribution in [0.1, 0.15) is 31.3 Å². The normalized spacial score (nSPS) is 11.0. The van der Waals surface area contributed by atoms with Gasteiger partial charge in [-0.1, -0.05) is 0 Å². The predicted octanol–water partition coefficient (Wildman–Crippen LogP) is 1.99. The summed E-state index contributed by atoms with van der Waals surface area (Å²) in [7, 11) is 1.62. The van der Waals surface area contributed by atoms with Crippen LogP contribution in [0.5, 0.6) is 5.75 Å². The highest BCUT2D eigenvalue weighted by Gasteiger charge is 2.08. The van der Waals surface area contributed by atoms with Crippen LogP contribution in [0.25, 0.3) is 0 Å². The Balaban J connectivity index is 2.31. The van der Waals surface area contributed by atoms with Crippen molar-refractivity contribution in [2.45, 2.75) is 33.4 Å². The van der Waals surface area contributed by atoms with Gasteiger partial charge in [0.25, 0.3) is 0 Å². The van der Waals surface area contributed by atoms with Gasteiger partial charge in [-0.3, -0.25) is 14.1 Å². The van der Waals surface area contributed by atoms with Gasteiger partial charge in [0, 0.05) is 36.3 Å². The van der Waals surface area contributed by atoms with Gasteiger partial charge in [0.1, 0.15) is 5.75 Å². The third kappa shape index (κ3) is 2.86. The van der Waals surface area contributed by atoms with Crippen molar-refractivity contribution in [3.05, 3.63) is 46.4 Å². The lowest BCUT2D eigenvalue weighted by molar-refractivity contribution is 0.412. The molecule has 0 bridgehead atoms. The molecule has 0 N–H and O–H groups in total. The lowest BCUT2D eigenvalue weighted by Gasteiger charge is -2.07. The van der Waals surface area contributed by atoms with Gasteiger partial charge in [-0.2, -0.15) is 0 Å². The molecule has 19 heavy (non-hydrogen) atoms. The maximum atomic E-state index is 12.1. The number of pyridine rings is 1. The van der Waals surface area contributed by atoms with E-state index in [2.05, 4.69) is 4.98 Å². The molecule has 0 aliphatic carbocycles. The van der Waals surface area contributed by atoms with E-state index in [-0.39, 0.29) is 11.7 Å². The second-order valence-electron chi connectivity index (χ2n) is 4.85. The third-order valence-corrected chi connectivity index (χ3v) is 2.98. The van der Waals surface area contributed by atoms with Crippen molar-refractivity contribution in [3.8, 4) is 5.75 Å². The average molecular weight is 261 g/mol. The molecule has 2 heterocycles. The van der Waals surface area contributed by atoms with Crippen LogP contribution in [0.15, 0.2) is 29.3 Å². The van der Waals surface area contributed by atoms with Crippen molar-refractivity contribution in [1.29, 1.82) is 0 Å². The number of imidazole rings is 1. The summed E-state index contributed by atoms with van der Waals surface area (Å²) in [5.74, 6) is 0.763. The summed E-state index contributed by atoms with van der Waals surface area (Å²) in [5.41, 5.74) is 1.68. The Labute approximate surface area is 112 Å². The van der Waals surface area contributed by atoms with Crippen LogP contribution < -0.4 is 10.4 Å². The zero-order valence-electron chi connectivity index (χ0n) is 11.8. The lowest BCUT2D eigenvalue weighted by Crippen LogP contribution is -2.25. The topological polar surface area (TPSA) is 49.0 Å². The van der Waals surface area contributed by atoms with Gasteiger partial charge in [-0.05, 0) is 20.8 Å². The maximum Gasteiger partial charge on any atom is 0.328 e. The van der Waals surface area contributed by atoms with Crippen molar-refractivity contribution in [2.24, 2.45) is 0 Å². The molecule has 0 fully saturated rings. The minimum atomic E-state index is -0.0164. The van der Waals surface area contributed by atoms with E-state index >= 15 is 0 Å². The van der Waals surface area contributed by atoms with E-state index in [9.17, 15) is 4.79 Å². The molecule has 0 spiro atoms. The summed E-state index contributed by atoms with van der Waals surface area (Å²) in [6.45, 7) is 6.34. The summed E-state index contributed by atoms with van der Waals surface area (Å²) >= 11 is 0. The quantitative estimate of drug-likeness (QED) is 0.845. The van der Waals surface area contributed by atoms with Gasteiger partial charge in [0.05, 0.1) is 19.3 Å². The van der Waals surface area contributed by atoms with E-state index in [1.54, 1.807) is 28.6 Å². The molecule has 0 aromatic carbocycles. The zero-order valence-corrected chi connectivity index (χ0v) is 11.8. The second kappa shape index (κ2) is 5.30. The first-order valence-electron chi connectivity index (χ1n) is 6.30. The zero-order chi connectivity index (χ0) is 14.0. The van der Waals surface area contributed by atoms with Crippen LogP contribution in [0.3, 0.4) is 0 Å². The van der Waals surface area contributed by atoms with Gasteiger partial charge in [0.15, 0.2) is 0 Å². The van der Waals surface area contributed by atoms with Crippen LogP contribution in [-0.2, 0) is 6.54 Å². The summed E-state index contributed by atoms with van der Waals surface area (Å²) < 4.78 is 8.57. The Hall–Kier alpha value is -2.04. The number of ether oxygens (including phenoxy) is 1. The van der Waals surface area contributed by atoms with Crippen molar-refractivity contribution >= 4 is 0 Å². The molecule has 5 nitrogen and oxygen atoms in total. The third-order valence-electron chi connectivity index (χ3n) is 2.98. The second-order valence-corrected chi connectivity index (χ2v) is 4.85.